The van der Waals surface area contributed by atoms with Crippen LogP contribution in [0.5, 0.6) is 11.5 Å². The predicted octanol–water partition coefficient (Wildman–Crippen LogP) is 3.64. The smallest absolute Gasteiger partial charge is 0.224 e. The molecule has 2 N–H and O–H groups in total. The molecule has 0 saturated heterocycles. The molecule has 5 nitrogen and oxygen atoms in total. The third-order valence-corrected chi connectivity index (χ3v) is 4.73. The van der Waals surface area contributed by atoms with Crippen molar-refractivity contribution in [2.45, 2.75) is 18.9 Å². The highest BCUT2D eigenvalue weighted by molar-refractivity contribution is 5.86. The van der Waals surface area contributed by atoms with E-state index in [1.807, 2.05) is 48.5 Å². The largest absolute Gasteiger partial charge is 0.493 e. The molecule has 0 aliphatic carbocycles. The van der Waals surface area contributed by atoms with Gasteiger partial charge in [0.15, 0.2) is 11.5 Å². The molecule has 0 radical (unpaired) electrons. The minimum atomic E-state index is -0.632. The van der Waals surface area contributed by atoms with Crippen LogP contribution in [0.3, 0.4) is 0 Å². The van der Waals surface area contributed by atoms with Gasteiger partial charge in [0.05, 0.1) is 26.7 Å². The summed E-state index contributed by atoms with van der Waals surface area (Å²) in [6, 6.07) is 19.3. The Morgan fingerprint density at radius 1 is 1.00 bits per heavy atom. The van der Waals surface area contributed by atoms with E-state index in [-0.39, 0.29) is 12.3 Å². The molecule has 3 rings (SSSR count). The summed E-state index contributed by atoms with van der Waals surface area (Å²) in [6.07, 6.45) is 0.0589. The molecule has 0 aliphatic heterocycles. The number of fused-ring (bicyclic) bond motifs is 1. The molecule has 0 spiro atoms. The van der Waals surface area contributed by atoms with Gasteiger partial charge in [-0.25, -0.2) is 0 Å². The topological polar surface area (TPSA) is 67.8 Å². The monoisotopic (exact) mass is 379 g/mol. The number of ether oxygens (including phenoxy) is 2. The molecule has 0 aromatic heterocycles. The number of hydrogen-bond acceptors (Lipinski definition) is 4. The van der Waals surface area contributed by atoms with Crippen LogP contribution in [0.4, 0.5) is 0 Å². The molecule has 28 heavy (non-hydrogen) atoms. The van der Waals surface area contributed by atoms with Crippen LogP contribution < -0.4 is 14.8 Å². The fraction of sp³-hybridized carbons (Fsp3) is 0.261. The van der Waals surface area contributed by atoms with Crippen molar-refractivity contribution < 1.29 is 19.4 Å². The van der Waals surface area contributed by atoms with Gasteiger partial charge in [-0.15, -0.1) is 0 Å². The van der Waals surface area contributed by atoms with Gasteiger partial charge >= 0.3 is 0 Å². The van der Waals surface area contributed by atoms with Crippen LogP contribution in [0, 0.1) is 0 Å². The molecule has 0 fully saturated rings. The Morgan fingerprint density at radius 3 is 2.54 bits per heavy atom. The molecule has 0 aliphatic rings. The van der Waals surface area contributed by atoms with Crippen LogP contribution in [0.15, 0.2) is 60.7 Å². The maximum Gasteiger partial charge on any atom is 0.224 e. The SMILES string of the molecule is COc1ccc(CC(=O)NCCC(O)c2cccc3ccccc23)cc1OC. The molecule has 3 aromatic carbocycles. The van der Waals surface area contributed by atoms with Gasteiger partial charge in [0.2, 0.25) is 5.91 Å². The van der Waals surface area contributed by atoms with E-state index < -0.39 is 6.10 Å². The molecular formula is C23H25NO4. The number of amides is 1. The fourth-order valence-electron chi connectivity index (χ4n) is 3.28. The third kappa shape index (κ3) is 4.61. The summed E-state index contributed by atoms with van der Waals surface area (Å²) in [5, 5.41) is 15.6. The number of aliphatic hydroxyl groups excluding tert-OH is 1. The summed E-state index contributed by atoms with van der Waals surface area (Å²) in [5.74, 6) is 1.13. The summed E-state index contributed by atoms with van der Waals surface area (Å²) in [7, 11) is 3.14. The normalized spacial score (nSPS) is 11.8. The van der Waals surface area contributed by atoms with Gasteiger partial charge < -0.3 is 19.9 Å². The van der Waals surface area contributed by atoms with Crippen LogP contribution in [0.25, 0.3) is 10.8 Å². The van der Waals surface area contributed by atoms with E-state index in [0.29, 0.717) is 24.5 Å². The Morgan fingerprint density at radius 2 is 1.75 bits per heavy atom. The molecule has 0 saturated carbocycles. The number of hydrogen-bond donors (Lipinski definition) is 2. The van der Waals surface area contributed by atoms with Crippen molar-refractivity contribution in [3.63, 3.8) is 0 Å². The van der Waals surface area contributed by atoms with Gasteiger partial charge in [0.1, 0.15) is 0 Å². The number of aliphatic hydroxyl groups is 1. The quantitative estimate of drug-likeness (QED) is 0.627. The number of carbonyl (C=O) groups is 1. The van der Waals surface area contributed by atoms with Gasteiger partial charge in [-0.3, -0.25) is 4.79 Å². The van der Waals surface area contributed by atoms with Crippen molar-refractivity contribution in [2.24, 2.45) is 0 Å². The van der Waals surface area contributed by atoms with E-state index >= 15 is 0 Å². The molecule has 1 amide bonds. The first-order valence-electron chi connectivity index (χ1n) is 9.25. The van der Waals surface area contributed by atoms with Gasteiger partial charge in [0, 0.05) is 6.54 Å². The molecular weight excluding hydrogens is 354 g/mol. The van der Waals surface area contributed by atoms with E-state index in [4.69, 9.17) is 9.47 Å². The minimum Gasteiger partial charge on any atom is -0.493 e. The average Bonchev–Trinajstić information content (AvgIpc) is 2.73. The molecule has 0 heterocycles. The van der Waals surface area contributed by atoms with Crippen LogP contribution in [0.1, 0.15) is 23.7 Å². The highest BCUT2D eigenvalue weighted by atomic mass is 16.5. The van der Waals surface area contributed by atoms with Gasteiger partial charge in [-0.2, -0.15) is 0 Å². The van der Waals surface area contributed by atoms with Gasteiger partial charge in [-0.05, 0) is 40.5 Å². The number of benzene rings is 3. The van der Waals surface area contributed by atoms with Gasteiger partial charge in [-0.1, -0.05) is 48.5 Å². The van der Waals surface area contributed by atoms with Crippen molar-refractivity contribution in [3.8, 4) is 11.5 Å². The molecule has 0 bridgehead atoms. The number of rotatable bonds is 8. The third-order valence-electron chi connectivity index (χ3n) is 4.73. The Hall–Kier alpha value is -3.05. The van der Waals surface area contributed by atoms with Crippen molar-refractivity contribution in [3.05, 3.63) is 71.8 Å². The van der Waals surface area contributed by atoms with Crippen molar-refractivity contribution in [1.29, 1.82) is 0 Å². The lowest BCUT2D eigenvalue weighted by Gasteiger charge is -2.14. The first kappa shape index (κ1) is 19.7. The zero-order chi connectivity index (χ0) is 19.9. The average molecular weight is 379 g/mol. The highest BCUT2D eigenvalue weighted by Crippen LogP contribution is 2.28. The van der Waals surface area contributed by atoms with E-state index in [1.54, 1.807) is 26.4 Å². The van der Waals surface area contributed by atoms with Crippen LogP contribution >= 0.6 is 0 Å². The maximum absolute atomic E-state index is 12.2. The maximum atomic E-state index is 12.2. The zero-order valence-corrected chi connectivity index (χ0v) is 16.1. The highest BCUT2D eigenvalue weighted by Gasteiger charge is 2.12. The first-order valence-corrected chi connectivity index (χ1v) is 9.25. The van der Waals surface area contributed by atoms with Crippen molar-refractivity contribution in [2.75, 3.05) is 20.8 Å². The standard InChI is InChI=1S/C23H25NO4/c1-27-21-11-10-16(14-22(21)28-2)15-23(26)24-13-12-20(25)19-9-5-7-17-6-3-4-8-18(17)19/h3-11,14,20,25H,12-13,15H2,1-2H3,(H,24,26). The summed E-state index contributed by atoms with van der Waals surface area (Å²) in [4.78, 5) is 12.2. The van der Waals surface area contributed by atoms with E-state index in [9.17, 15) is 9.90 Å². The Labute approximate surface area is 164 Å². The number of nitrogens with one attached hydrogen (secondary N) is 1. The minimum absolute atomic E-state index is 0.0997. The number of methoxy groups -OCH3 is 2. The second-order valence-corrected chi connectivity index (χ2v) is 6.59. The van der Waals surface area contributed by atoms with Crippen LogP contribution in [-0.4, -0.2) is 31.8 Å². The molecule has 1 unspecified atom stereocenters. The summed E-state index contributed by atoms with van der Waals surface area (Å²) in [6.45, 7) is 0.399. The first-order chi connectivity index (χ1) is 13.6. The Balaban J connectivity index is 1.55. The Bertz CT molecular complexity index is 949. The molecule has 3 aromatic rings. The second kappa shape index (κ2) is 9.24. The summed E-state index contributed by atoms with van der Waals surface area (Å²) >= 11 is 0. The Kier molecular flexibility index (Phi) is 6.50. The predicted molar refractivity (Wildman–Crippen MR) is 110 cm³/mol. The lowest BCUT2D eigenvalue weighted by atomic mass is 9.99. The second-order valence-electron chi connectivity index (χ2n) is 6.59. The lowest BCUT2D eigenvalue weighted by Crippen LogP contribution is -2.27. The summed E-state index contributed by atoms with van der Waals surface area (Å²) in [5.41, 5.74) is 1.72. The van der Waals surface area contributed by atoms with E-state index in [2.05, 4.69) is 5.32 Å². The van der Waals surface area contributed by atoms with Crippen molar-refractivity contribution in [1.82, 2.24) is 5.32 Å². The van der Waals surface area contributed by atoms with E-state index in [0.717, 1.165) is 21.9 Å². The lowest BCUT2D eigenvalue weighted by molar-refractivity contribution is -0.120. The van der Waals surface area contributed by atoms with E-state index in [1.165, 1.54) is 0 Å². The molecule has 146 valence electrons. The van der Waals surface area contributed by atoms with Gasteiger partial charge in [0.25, 0.3) is 0 Å². The summed E-state index contributed by atoms with van der Waals surface area (Å²) < 4.78 is 10.5. The number of carbonyl (C=O) groups excluding carboxylic acids is 1. The molecule has 5 heteroatoms. The molecule has 1 atom stereocenters. The zero-order valence-electron chi connectivity index (χ0n) is 16.1. The van der Waals surface area contributed by atoms with Crippen molar-refractivity contribution >= 4 is 16.7 Å². The fourth-order valence-corrected chi connectivity index (χ4v) is 3.28. The van der Waals surface area contributed by atoms with Crippen LogP contribution in [-0.2, 0) is 11.2 Å². The van der Waals surface area contributed by atoms with Crippen LogP contribution in [0.2, 0.25) is 0 Å².